The van der Waals surface area contributed by atoms with Crippen molar-refractivity contribution in [2.75, 3.05) is 0 Å². The molecule has 0 amide bonds. The molecule has 0 radical (unpaired) electrons. The van der Waals surface area contributed by atoms with Gasteiger partial charge in [-0.1, -0.05) is 106 Å². The first-order valence-electron chi connectivity index (χ1n) is 14.2. The van der Waals surface area contributed by atoms with E-state index in [0.717, 1.165) is 28.1 Å². The molecule has 4 aromatic carbocycles. The molecule has 2 aromatic heterocycles. The van der Waals surface area contributed by atoms with Gasteiger partial charge in [-0.3, -0.25) is 0 Å². The van der Waals surface area contributed by atoms with Gasteiger partial charge in [0.2, 0.25) is 11.6 Å². The highest BCUT2D eigenvalue weighted by Gasteiger charge is 2.25. The molecule has 0 atom stereocenters. The fourth-order valence-electron chi connectivity index (χ4n) is 4.77. The van der Waals surface area contributed by atoms with E-state index in [1.807, 2.05) is 83.5 Å². The molecule has 9 nitrogen and oxygen atoms in total. The molecule has 9 heteroatoms. The van der Waals surface area contributed by atoms with Gasteiger partial charge in [0.15, 0.2) is 0 Å². The van der Waals surface area contributed by atoms with Crippen LogP contribution in [0.2, 0.25) is 0 Å². The standard InChI is InChI=1S/C34H33N7O2/c1-34(2,3)23-41-30(22-24-18-20-25(21-19-24)28-16-10-11-17-29(28)31-36-39-40-37-31)35-32(38-41)33(42-26-12-6-4-7-13-26)43-27-14-8-5-9-15-27/h4-21,33H,22-23H2,1-3H3,(H,36,37,39,40). The maximum atomic E-state index is 6.28. The van der Waals surface area contributed by atoms with Crippen LogP contribution < -0.4 is 9.47 Å². The molecule has 0 aliphatic heterocycles. The SMILES string of the molecule is CC(C)(C)Cn1nc(C(Oc2ccccc2)Oc2ccccc2)nc1Cc1ccc(-c2ccccc2-c2nn[nH]n2)cc1. The van der Waals surface area contributed by atoms with Gasteiger partial charge in [-0.2, -0.15) is 5.21 Å². The Hall–Kier alpha value is -5.31. The average Bonchev–Trinajstić information content (AvgIpc) is 3.68. The minimum absolute atomic E-state index is 0.0154. The molecule has 0 unspecified atom stereocenters. The van der Waals surface area contributed by atoms with E-state index in [4.69, 9.17) is 19.6 Å². The Morgan fingerprint density at radius 2 is 1.35 bits per heavy atom. The van der Waals surface area contributed by atoms with E-state index in [1.54, 1.807) is 0 Å². The lowest BCUT2D eigenvalue weighted by Crippen LogP contribution is -2.20. The van der Waals surface area contributed by atoms with Crippen molar-refractivity contribution in [2.45, 2.75) is 40.0 Å². The van der Waals surface area contributed by atoms with Crippen molar-refractivity contribution in [3.63, 3.8) is 0 Å². The van der Waals surface area contributed by atoms with Crippen LogP contribution in [0.4, 0.5) is 0 Å². The van der Waals surface area contributed by atoms with Gasteiger partial charge in [0.1, 0.15) is 17.3 Å². The zero-order valence-electron chi connectivity index (χ0n) is 24.4. The topological polar surface area (TPSA) is 104 Å². The molecule has 6 rings (SSSR count). The largest absolute Gasteiger partial charge is 0.448 e. The summed E-state index contributed by atoms with van der Waals surface area (Å²) in [6, 6.07) is 35.7. The van der Waals surface area contributed by atoms with Gasteiger partial charge in [-0.15, -0.1) is 15.3 Å². The van der Waals surface area contributed by atoms with Crippen molar-refractivity contribution in [1.82, 2.24) is 35.4 Å². The normalized spacial score (nSPS) is 11.5. The van der Waals surface area contributed by atoms with Crippen LogP contribution in [0.1, 0.15) is 44.3 Å². The zero-order chi connectivity index (χ0) is 29.6. The molecule has 0 bridgehead atoms. The van der Waals surface area contributed by atoms with E-state index in [1.165, 1.54) is 0 Å². The summed E-state index contributed by atoms with van der Waals surface area (Å²) in [6.07, 6.45) is -0.229. The molecular weight excluding hydrogens is 538 g/mol. The van der Waals surface area contributed by atoms with Crippen LogP contribution in [0.3, 0.4) is 0 Å². The summed E-state index contributed by atoms with van der Waals surface area (Å²) in [5, 5.41) is 19.5. The van der Waals surface area contributed by atoms with Gasteiger partial charge in [0.25, 0.3) is 0 Å². The van der Waals surface area contributed by atoms with Crippen LogP contribution in [0.15, 0.2) is 109 Å². The molecule has 0 aliphatic rings. The monoisotopic (exact) mass is 571 g/mol. The minimum Gasteiger partial charge on any atom is -0.448 e. The summed E-state index contributed by atoms with van der Waals surface area (Å²) < 4.78 is 14.5. The first-order valence-corrected chi connectivity index (χ1v) is 14.2. The second-order valence-electron chi connectivity index (χ2n) is 11.5. The maximum Gasteiger partial charge on any atom is 0.303 e. The summed E-state index contributed by atoms with van der Waals surface area (Å²) in [6.45, 7) is 7.25. The Morgan fingerprint density at radius 1 is 0.744 bits per heavy atom. The van der Waals surface area contributed by atoms with E-state index >= 15 is 0 Å². The number of nitrogens with zero attached hydrogens (tertiary/aromatic N) is 6. The third-order valence-electron chi connectivity index (χ3n) is 6.71. The highest BCUT2D eigenvalue weighted by molar-refractivity contribution is 5.80. The fourth-order valence-corrected chi connectivity index (χ4v) is 4.77. The van der Waals surface area contributed by atoms with E-state index < -0.39 is 6.29 Å². The molecule has 0 spiro atoms. The number of nitrogens with one attached hydrogen (secondary N) is 1. The van der Waals surface area contributed by atoms with Gasteiger partial charge in [-0.05, 0) is 51.6 Å². The number of ether oxygens (including phenoxy) is 2. The predicted molar refractivity (Wildman–Crippen MR) is 164 cm³/mol. The third-order valence-corrected chi connectivity index (χ3v) is 6.71. The van der Waals surface area contributed by atoms with Crippen LogP contribution in [0.5, 0.6) is 11.5 Å². The van der Waals surface area contributed by atoms with Crippen molar-refractivity contribution in [2.24, 2.45) is 5.41 Å². The average molecular weight is 572 g/mol. The number of rotatable bonds is 10. The highest BCUT2D eigenvalue weighted by atomic mass is 16.7. The summed E-state index contributed by atoms with van der Waals surface area (Å²) in [5.41, 5.74) is 4.11. The first-order chi connectivity index (χ1) is 20.9. The summed E-state index contributed by atoms with van der Waals surface area (Å²) in [5.74, 6) is 3.22. The van der Waals surface area contributed by atoms with Crippen LogP contribution in [0, 0.1) is 5.41 Å². The number of aromatic nitrogens is 7. The highest BCUT2D eigenvalue weighted by Crippen LogP contribution is 2.31. The lowest BCUT2D eigenvalue weighted by atomic mass is 9.96. The van der Waals surface area contributed by atoms with Crippen LogP contribution in [0.25, 0.3) is 22.5 Å². The molecule has 0 saturated carbocycles. The maximum absolute atomic E-state index is 6.28. The van der Waals surface area contributed by atoms with Gasteiger partial charge in [-0.25, -0.2) is 9.67 Å². The van der Waals surface area contributed by atoms with Crippen molar-refractivity contribution in [1.29, 1.82) is 0 Å². The lowest BCUT2D eigenvalue weighted by Gasteiger charge is -2.19. The number of H-pyrrole nitrogens is 1. The van der Waals surface area contributed by atoms with Gasteiger partial charge in [0, 0.05) is 18.5 Å². The van der Waals surface area contributed by atoms with E-state index in [9.17, 15) is 0 Å². The van der Waals surface area contributed by atoms with E-state index in [2.05, 4.69) is 71.7 Å². The van der Waals surface area contributed by atoms with Crippen LogP contribution >= 0.6 is 0 Å². The Bertz CT molecular complexity index is 1700. The molecule has 0 aliphatic carbocycles. The molecule has 216 valence electrons. The zero-order valence-corrected chi connectivity index (χ0v) is 24.4. The van der Waals surface area contributed by atoms with Crippen LogP contribution in [-0.2, 0) is 13.0 Å². The predicted octanol–water partition coefficient (Wildman–Crippen LogP) is 6.92. The number of tetrazole rings is 1. The molecule has 6 aromatic rings. The Balaban J connectivity index is 1.30. The molecule has 1 N–H and O–H groups in total. The Morgan fingerprint density at radius 3 is 1.93 bits per heavy atom. The van der Waals surface area contributed by atoms with E-state index in [0.29, 0.717) is 36.1 Å². The second-order valence-corrected chi connectivity index (χ2v) is 11.5. The van der Waals surface area contributed by atoms with E-state index in [-0.39, 0.29) is 5.41 Å². The number of hydrogen-bond donors (Lipinski definition) is 1. The number of benzene rings is 4. The summed E-state index contributed by atoms with van der Waals surface area (Å²) >= 11 is 0. The van der Waals surface area contributed by atoms with Crippen molar-refractivity contribution >= 4 is 0 Å². The molecular formula is C34H33N7O2. The van der Waals surface area contributed by atoms with Crippen molar-refractivity contribution in [3.8, 4) is 34.0 Å². The number of para-hydroxylation sites is 2. The Kier molecular flexibility index (Phi) is 7.95. The van der Waals surface area contributed by atoms with Crippen LogP contribution in [-0.4, -0.2) is 35.4 Å². The molecule has 0 saturated heterocycles. The third kappa shape index (κ3) is 6.95. The van der Waals surface area contributed by atoms with Gasteiger partial charge < -0.3 is 9.47 Å². The summed E-state index contributed by atoms with van der Waals surface area (Å²) in [4.78, 5) is 4.99. The quantitative estimate of drug-likeness (QED) is 0.178. The lowest BCUT2D eigenvalue weighted by molar-refractivity contribution is -0.00367. The molecule has 0 fully saturated rings. The fraction of sp³-hybridized carbons (Fsp3) is 0.206. The van der Waals surface area contributed by atoms with Crippen molar-refractivity contribution in [3.05, 3.63) is 126 Å². The Labute approximate surface area is 250 Å². The number of hydrogen-bond acceptors (Lipinski definition) is 7. The minimum atomic E-state index is -0.825. The summed E-state index contributed by atoms with van der Waals surface area (Å²) in [7, 11) is 0. The van der Waals surface area contributed by atoms with Crippen molar-refractivity contribution < 1.29 is 9.47 Å². The molecule has 2 heterocycles. The van der Waals surface area contributed by atoms with Gasteiger partial charge in [0.05, 0.1) is 0 Å². The second kappa shape index (κ2) is 12.3. The number of aromatic amines is 1. The van der Waals surface area contributed by atoms with Gasteiger partial charge >= 0.3 is 6.29 Å². The first kappa shape index (κ1) is 27.8. The molecule has 43 heavy (non-hydrogen) atoms. The smallest absolute Gasteiger partial charge is 0.303 e.